The Bertz CT molecular complexity index is 682. The van der Waals surface area contributed by atoms with Crippen molar-refractivity contribution in [3.8, 4) is 0 Å². The van der Waals surface area contributed by atoms with Crippen LogP contribution in [0.3, 0.4) is 0 Å². The van der Waals surface area contributed by atoms with Gasteiger partial charge < -0.3 is 9.13 Å². The highest BCUT2D eigenvalue weighted by molar-refractivity contribution is 5.19. The van der Waals surface area contributed by atoms with Gasteiger partial charge >= 0.3 is 0 Å². The first-order valence-corrected chi connectivity index (χ1v) is 8.08. The Morgan fingerprint density at radius 2 is 1.17 bits per heavy atom. The zero-order valence-electron chi connectivity index (χ0n) is 16.1. The van der Waals surface area contributed by atoms with Crippen LogP contribution in [-0.4, -0.2) is 9.13 Å². The summed E-state index contributed by atoms with van der Waals surface area (Å²) < 4.78 is 3.15. The van der Waals surface area contributed by atoms with Crippen LogP contribution in [0.1, 0.15) is 44.4 Å². The van der Waals surface area contributed by atoms with Crippen molar-refractivity contribution in [3.63, 3.8) is 0 Å². The molecule has 0 amide bonds. The molecule has 0 spiro atoms. The lowest BCUT2D eigenvalue weighted by molar-refractivity contribution is 0.846. The molecule has 2 aromatic rings. The van der Waals surface area contributed by atoms with Gasteiger partial charge in [-0.15, -0.1) is 0 Å². The molecule has 2 rings (SSSR count). The van der Waals surface area contributed by atoms with Crippen molar-refractivity contribution in [2.45, 2.75) is 48.5 Å². The Kier molecular flexibility index (Phi) is 12.5. The van der Waals surface area contributed by atoms with E-state index in [2.05, 4.69) is 0 Å². The van der Waals surface area contributed by atoms with Gasteiger partial charge in [-0.1, -0.05) is 33.8 Å². The molecular weight excluding hydrogens is 288 g/mol. The van der Waals surface area contributed by atoms with Gasteiger partial charge in [0.05, 0.1) is 0 Å². The predicted octanol–water partition coefficient (Wildman–Crippen LogP) is 3.75. The summed E-state index contributed by atoms with van der Waals surface area (Å²) in [6.07, 6.45) is 3.65. The molecule has 0 aliphatic carbocycles. The number of hydrogen-bond donors (Lipinski definition) is 0. The molecule has 0 aromatic carbocycles. The third-order valence-electron chi connectivity index (χ3n) is 2.93. The smallest absolute Gasteiger partial charge is 0.250 e. The average molecular weight is 320 g/mol. The molecule has 2 aromatic heterocycles. The molecule has 23 heavy (non-hydrogen) atoms. The molecule has 0 unspecified atom stereocenters. The third kappa shape index (κ3) is 8.81. The fourth-order valence-corrected chi connectivity index (χ4v) is 1.59. The van der Waals surface area contributed by atoms with Gasteiger partial charge in [0.1, 0.15) is 0 Å². The summed E-state index contributed by atoms with van der Waals surface area (Å²) in [6, 6.07) is 5.02. The minimum atomic E-state index is 0.0422. The van der Waals surface area contributed by atoms with E-state index in [0.29, 0.717) is 0 Å². The minimum absolute atomic E-state index is 0.0422. The molecule has 0 N–H and O–H groups in total. The lowest BCUT2D eigenvalue weighted by atomic mass is 10.2. The zero-order valence-corrected chi connectivity index (χ0v) is 16.1. The molecule has 0 bridgehead atoms. The van der Waals surface area contributed by atoms with Gasteiger partial charge in [-0.25, -0.2) is 0 Å². The maximum atomic E-state index is 11.0. The van der Waals surface area contributed by atoms with Crippen LogP contribution in [0.2, 0.25) is 0 Å². The topological polar surface area (TPSA) is 44.0 Å². The summed E-state index contributed by atoms with van der Waals surface area (Å²) >= 11 is 0. The largest absolute Gasteiger partial charge is 0.318 e. The maximum absolute atomic E-state index is 11.0. The Labute approximate surface area is 140 Å². The van der Waals surface area contributed by atoms with Crippen molar-refractivity contribution in [3.05, 3.63) is 68.0 Å². The fourth-order valence-electron chi connectivity index (χ4n) is 1.59. The molecule has 4 nitrogen and oxygen atoms in total. The van der Waals surface area contributed by atoms with E-state index in [4.69, 9.17) is 0 Å². The minimum Gasteiger partial charge on any atom is -0.318 e. The summed E-state index contributed by atoms with van der Waals surface area (Å²) in [6.45, 7) is 13.9. The summed E-state index contributed by atoms with van der Waals surface area (Å²) in [5.41, 5.74) is 3.42. The van der Waals surface area contributed by atoms with Gasteiger partial charge in [0.15, 0.2) is 0 Å². The maximum Gasteiger partial charge on any atom is 0.250 e. The van der Waals surface area contributed by atoms with Gasteiger partial charge in [0.25, 0.3) is 5.56 Å². The first-order valence-electron chi connectivity index (χ1n) is 8.08. The van der Waals surface area contributed by atoms with E-state index < -0.39 is 0 Å². The second-order valence-corrected chi connectivity index (χ2v) is 4.74. The van der Waals surface area contributed by atoms with Gasteiger partial charge in [-0.2, -0.15) is 0 Å². The Hall–Kier alpha value is -2.10. The van der Waals surface area contributed by atoms with Crippen LogP contribution < -0.4 is 11.1 Å². The number of aryl methyl sites for hydroxylation is 5. The summed E-state index contributed by atoms with van der Waals surface area (Å²) in [5, 5.41) is 0. The first kappa shape index (κ1) is 23.2. The second-order valence-electron chi connectivity index (χ2n) is 4.74. The van der Waals surface area contributed by atoms with Crippen LogP contribution in [0, 0.1) is 20.8 Å². The molecule has 0 saturated carbocycles. The molecule has 0 saturated heterocycles. The van der Waals surface area contributed by atoms with Crippen molar-refractivity contribution >= 4 is 0 Å². The third-order valence-corrected chi connectivity index (χ3v) is 2.93. The molecule has 0 fully saturated rings. The fraction of sp³-hybridized carbons (Fsp3) is 0.474. The standard InChI is InChI=1S/C8H11NO.C7H9NO.2C2H6/c1-6-4-8(10)9(3)5-7(6)2;1-6-3-4-7(9)8(2)5-6;2*1-2/h4-5H,1-3H3;3-5H,1-2H3;2*1-2H3. The van der Waals surface area contributed by atoms with Crippen molar-refractivity contribution in [2.75, 3.05) is 0 Å². The van der Waals surface area contributed by atoms with Crippen molar-refractivity contribution in [1.29, 1.82) is 0 Å². The first-order chi connectivity index (χ1) is 10.8. The number of aromatic nitrogens is 2. The summed E-state index contributed by atoms with van der Waals surface area (Å²) in [4.78, 5) is 21.7. The highest BCUT2D eigenvalue weighted by atomic mass is 16.1. The Balaban J connectivity index is 0. The lowest BCUT2D eigenvalue weighted by Crippen LogP contribution is -2.15. The summed E-state index contributed by atoms with van der Waals surface area (Å²) in [5.74, 6) is 0. The van der Waals surface area contributed by atoms with Gasteiger partial charge in [-0.3, -0.25) is 9.59 Å². The second kappa shape index (κ2) is 12.4. The van der Waals surface area contributed by atoms with Gasteiger partial charge in [-0.05, 0) is 37.5 Å². The van der Waals surface area contributed by atoms with Crippen LogP contribution in [-0.2, 0) is 14.1 Å². The Morgan fingerprint density at radius 1 is 0.696 bits per heavy atom. The molecule has 0 radical (unpaired) electrons. The number of nitrogens with zero attached hydrogens (tertiary/aromatic N) is 2. The van der Waals surface area contributed by atoms with Crippen molar-refractivity contribution in [1.82, 2.24) is 9.13 Å². The van der Waals surface area contributed by atoms with Crippen LogP contribution >= 0.6 is 0 Å². The number of pyridine rings is 2. The van der Waals surface area contributed by atoms with Gasteiger partial charge in [0, 0.05) is 38.6 Å². The molecule has 2 heterocycles. The normalized spacial score (nSPS) is 8.57. The highest BCUT2D eigenvalue weighted by Crippen LogP contribution is 1.99. The van der Waals surface area contributed by atoms with Crippen molar-refractivity contribution in [2.24, 2.45) is 14.1 Å². The lowest BCUT2D eigenvalue weighted by Gasteiger charge is -2.00. The number of hydrogen-bond acceptors (Lipinski definition) is 2. The van der Waals surface area contributed by atoms with Crippen LogP contribution in [0.25, 0.3) is 0 Å². The monoisotopic (exact) mass is 320 g/mol. The summed E-state index contributed by atoms with van der Waals surface area (Å²) in [7, 11) is 3.50. The van der Waals surface area contributed by atoms with E-state index >= 15 is 0 Å². The predicted molar refractivity (Wildman–Crippen MR) is 100 cm³/mol. The van der Waals surface area contributed by atoms with Gasteiger partial charge in [0.2, 0.25) is 5.56 Å². The average Bonchev–Trinajstić information content (AvgIpc) is 2.54. The van der Waals surface area contributed by atoms with Crippen LogP contribution in [0.15, 0.2) is 40.2 Å². The molecular formula is C19H32N2O2. The molecule has 0 atom stereocenters. The Morgan fingerprint density at radius 3 is 1.57 bits per heavy atom. The van der Waals surface area contributed by atoms with E-state index in [1.54, 1.807) is 35.4 Å². The molecule has 0 aliphatic rings. The quantitative estimate of drug-likeness (QED) is 0.742. The van der Waals surface area contributed by atoms with E-state index in [-0.39, 0.29) is 11.1 Å². The van der Waals surface area contributed by atoms with E-state index in [1.807, 2.05) is 66.9 Å². The molecule has 0 aliphatic heterocycles. The van der Waals surface area contributed by atoms with E-state index in [0.717, 1.165) is 16.7 Å². The van der Waals surface area contributed by atoms with Crippen LogP contribution in [0.5, 0.6) is 0 Å². The van der Waals surface area contributed by atoms with Crippen LogP contribution in [0.4, 0.5) is 0 Å². The molecule has 130 valence electrons. The van der Waals surface area contributed by atoms with Crippen molar-refractivity contribution < 1.29 is 0 Å². The zero-order chi connectivity index (χ0) is 18.6. The highest BCUT2D eigenvalue weighted by Gasteiger charge is 1.93. The van der Waals surface area contributed by atoms with E-state index in [1.165, 1.54) is 0 Å². The van der Waals surface area contributed by atoms with E-state index in [9.17, 15) is 9.59 Å². The molecule has 4 heteroatoms. The number of rotatable bonds is 0. The SMILES string of the molecule is CC.CC.Cc1cc(=O)n(C)cc1C.Cc1ccc(=O)n(C)c1.